The summed E-state index contributed by atoms with van der Waals surface area (Å²) in [7, 11) is 3.40. The molecule has 1 aliphatic rings. The number of anilines is 2. The van der Waals surface area contributed by atoms with Crippen molar-refractivity contribution in [2.24, 2.45) is 0 Å². The fourth-order valence-corrected chi connectivity index (χ4v) is 3.44. The molecule has 0 unspecified atom stereocenters. The number of thioether (sulfide) groups is 1. The van der Waals surface area contributed by atoms with E-state index in [0.717, 1.165) is 35.3 Å². The van der Waals surface area contributed by atoms with Crippen LogP contribution in [0.2, 0.25) is 0 Å². The van der Waals surface area contributed by atoms with Gasteiger partial charge in [0, 0.05) is 43.3 Å². The first-order valence-corrected chi connectivity index (χ1v) is 10.1. The molecule has 8 heteroatoms. The van der Waals surface area contributed by atoms with Gasteiger partial charge in [0.15, 0.2) is 6.61 Å². The maximum Gasteiger partial charge on any atom is 0.285 e. The average molecular weight is 413 g/mol. The molecule has 152 valence electrons. The van der Waals surface area contributed by atoms with E-state index in [4.69, 9.17) is 4.74 Å². The number of carbonyl (C=O) groups is 3. The third-order valence-electron chi connectivity index (χ3n) is 4.30. The number of rotatable bonds is 6. The summed E-state index contributed by atoms with van der Waals surface area (Å²) < 4.78 is 5.52. The maximum absolute atomic E-state index is 12.1. The molecule has 1 fully saturated rings. The summed E-state index contributed by atoms with van der Waals surface area (Å²) in [6, 6.07) is 14.2. The van der Waals surface area contributed by atoms with Gasteiger partial charge in [-0.25, -0.2) is 0 Å². The van der Waals surface area contributed by atoms with E-state index in [1.54, 1.807) is 55.4 Å². The zero-order chi connectivity index (χ0) is 20.8. The number of amides is 3. The van der Waals surface area contributed by atoms with E-state index >= 15 is 0 Å². The lowest BCUT2D eigenvalue weighted by atomic mass is 10.3. The normalized spacial score (nSPS) is 13.3. The van der Waals surface area contributed by atoms with Gasteiger partial charge in [0.2, 0.25) is 5.91 Å². The van der Waals surface area contributed by atoms with E-state index in [1.807, 2.05) is 12.1 Å². The van der Waals surface area contributed by atoms with Crippen molar-refractivity contribution in [2.75, 3.05) is 37.5 Å². The maximum atomic E-state index is 12.1. The summed E-state index contributed by atoms with van der Waals surface area (Å²) in [5, 5.41) is 2.70. The Labute approximate surface area is 174 Å². The van der Waals surface area contributed by atoms with Crippen molar-refractivity contribution >= 4 is 40.2 Å². The minimum Gasteiger partial charge on any atom is -0.484 e. The Balaban J connectivity index is 1.47. The predicted octanol–water partition coefficient (Wildman–Crippen LogP) is 3.60. The van der Waals surface area contributed by atoms with Crippen LogP contribution in [0.25, 0.3) is 0 Å². The summed E-state index contributed by atoms with van der Waals surface area (Å²) in [4.78, 5) is 39.6. The van der Waals surface area contributed by atoms with E-state index in [0.29, 0.717) is 17.9 Å². The van der Waals surface area contributed by atoms with Gasteiger partial charge in [-0.05, 0) is 66.7 Å². The molecule has 7 nitrogen and oxygen atoms in total. The molecule has 29 heavy (non-hydrogen) atoms. The zero-order valence-corrected chi connectivity index (χ0v) is 17.2. The van der Waals surface area contributed by atoms with Gasteiger partial charge in [0.1, 0.15) is 5.75 Å². The Morgan fingerprint density at radius 1 is 1.10 bits per heavy atom. The second-order valence-corrected chi connectivity index (χ2v) is 7.79. The Hall–Kier alpha value is -3.00. The van der Waals surface area contributed by atoms with Crippen LogP contribution in [-0.2, 0) is 9.59 Å². The Morgan fingerprint density at radius 2 is 1.79 bits per heavy atom. The molecule has 0 aromatic heterocycles. The van der Waals surface area contributed by atoms with Crippen LogP contribution in [0.4, 0.5) is 16.2 Å². The van der Waals surface area contributed by atoms with Crippen LogP contribution < -0.4 is 15.0 Å². The molecule has 1 heterocycles. The molecule has 0 bridgehead atoms. The predicted molar refractivity (Wildman–Crippen MR) is 114 cm³/mol. The lowest BCUT2D eigenvalue weighted by Gasteiger charge is -2.16. The molecule has 0 saturated carbocycles. The molecule has 3 amide bonds. The first kappa shape index (κ1) is 20.7. The Morgan fingerprint density at radius 3 is 2.38 bits per heavy atom. The van der Waals surface area contributed by atoms with Crippen molar-refractivity contribution in [3.8, 4) is 5.75 Å². The quantitative estimate of drug-likeness (QED) is 0.732. The van der Waals surface area contributed by atoms with Crippen LogP contribution in [0.3, 0.4) is 0 Å². The number of nitrogens with one attached hydrogen (secondary N) is 1. The highest BCUT2D eigenvalue weighted by Gasteiger charge is 2.21. The fraction of sp³-hybridized carbons (Fsp3) is 0.286. The lowest BCUT2D eigenvalue weighted by molar-refractivity contribution is -0.118. The highest BCUT2D eigenvalue weighted by Crippen LogP contribution is 2.24. The molecule has 2 aromatic carbocycles. The van der Waals surface area contributed by atoms with E-state index in [9.17, 15) is 14.4 Å². The molecule has 0 radical (unpaired) electrons. The summed E-state index contributed by atoms with van der Waals surface area (Å²) >= 11 is 1.12. The van der Waals surface area contributed by atoms with Gasteiger partial charge in [-0.2, -0.15) is 0 Å². The molecule has 1 saturated heterocycles. The fourth-order valence-electron chi connectivity index (χ4n) is 2.79. The van der Waals surface area contributed by atoms with Gasteiger partial charge in [-0.15, -0.1) is 0 Å². The smallest absolute Gasteiger partial charge is 0.285 e. The molecule has 0 spiro atoms. The van der Waals surface area contributed by atoms with E-state index in [2.05, 4.69) is 5.32 Å². The van der Waals surface area contributed by atoms with Crippen molar-refractivity contribution in [1.29, 1.82) is 0 Å². The molecule has 2 aromatic rings. The van der Waals surface area contributed by atoms with E-state index < -0.39 is 0 Å². The third kappa shape index (κ3) is 5.74. The molecule has 0 aliphatic carbocycles. The summed E-state index contributed by atoms with van der Waals surface area (Å²) in [5.74, 6) is 0.409. The van der Waals surface area contributed by atoms with Gasteiger partial charge in [-0.1, -0.05) is 0 Å². The molecular weight excluding hydrogens is 390 g/mol. The van der Waals surface area contributed by atoms with Crippen LogP contribution in [0.5, 0.6) is 5.75 Å². The number of benzene rings is 2. The zero-order valence-electron chi connectivity index (χ0n) is 16.4. The summed E-state index contributed by atoms with van der Waals surface area (Å²) in [6.07, 6.45) is 1.47. The molecule has 0 atom stereocenters. The van der Waals surface area contributed by atoms with Crippen LogP contribution >= 0.6 is 11.8 Å². The Bertz CT molecular complexity index is 882. The largest absolute Gasteiger partial charge is 0.484 e. The second kappa shape index (κ2) is 9.47. The van der Waals surface area contributed by atoms with E-state index in [-0.39, 0.29) is 23.7 Å². The van der Waals surface area contributed by atoms with Crippen molar-refractivity contribution in [3.63, 3.8) is 0 Å². The van der Waals surface area contributed by atoms with Gasteiger partial charge in [-0.3, -0.25) is 14.4 Å². The van der Waals surface area contributed by atoms with Gasteiger partial charge < -0.3 is 19.9 Å². The highest BCUT2D eigenvalue weighted by molar-refractivity contribution is 8.13. The number of hydrogen-bond donors (Lipinski definition) is 1. The minimum absolute atomic E-state index is 0.0599. The number of carbonyl (C=O) groups excluding carboxylic acids is 3. The monoisotopic (exact) mass is 413 g/mol. The van der Waals surface area contributed by atoms with Crippen LogP contribution in [0.1, 0.15) is 12.8 Å². The lowest BCUT2D eigenvalue weighted by Crippen LogP contribution is -2.23. The van der Waals surface area contributed by atoms with Crippen molar-refractivity contribution in [2.45, 2.75) is 17.7 Å². The molecular formula is C21H23N3O4S. The first-order valence-electron chi connectivity index (χ1n) is 9.24. The summed E-state index contributed by atoms with van der Waals surface area (Å²) in [6.45, 7) is 0.611. The van der Waals surface area contributed by atoms with Crippen LogP contribution in [-0.4, -0.2) is 49.2 Å². The standard InChI is InChI=1S/C21H23N3O4S/c1-23(2)21(27)29-18-11-5-15(6-12-18)22-19(25)14-28-17-9-7-16(8-10-17)24-13-3-4-20(24)26/h5-12H,3-4,13-14H2,1-2H3,(H,22,25). The molecule has 3 rings (SSSR count). The number of hydrogen-bond acceptors (Lipinski definition) is 5. The molecule has 1 N–H and O–H groups in total. The topological polar surface area (TPSA) is 79.0 Å². The molecule has 1 aliphatic heterocycles. The third-order valence-corrected chi connectivity index (χ3v) is 5.35. The van der Waals surface area contributed by atoms with Crippen LogP contribution in [0, 0.1) is 0 Å². The van der Waals surface area contributed by atoms with Gasteiger partial charge >= 0.3 is 0 Å². The SMILES string of the molecule is CN(C)C(=O)Sc1ccc(NC(=O)COc2ccc(N3CCCC3=O)cc2)cc1. The Kier molecular flexibility index (Phi) is 6.77. The summed E-state index contributed by atoms with van der Waals surface area (Å²) in [5.41, 5.74) is 1.47. The first-order chi connectivity index (χ1) is 13.9. The van der Waals surface area contributed by atoms with Gasteiger partial charge in [0.25, 0.3) is 11.1 Å². The minimum atomic E-state index is -0.284. The van der Waals surface area contributed by atoms with Gasteiger partial charge in [0.05, 0.1) is 0 Å². The highest BCUT2D eigenvalue weighted by atomic mass is 32.2. The van der Waals surface area contributed by atoms with Crippen molar-refractivity contribution in [3.05, 3.63) is 48.5 Å². The van der Waals surface area contributed by atoms with Crippen LogP contribution in [0.15, 0.2) is 53.4 Å². The number of ether oxygens (including phenoxy) is 1. The number of nitrogens with zero attached hydrogens (tertiary/aromatic N) is 2. The van der Waals surface area contributed by atoms with E-state index in [1.165, 1.54) is 4.90 Å². The average Bonchev–Trinajstić information content (AvgIpc) is 3.14. The van der Waals surface area contributed by atoms with Crippen molar-refractivity contribution in [1.82, 2.24) is 4.90 Å². The van der Waals surface area contributed by atoms with Crippen molar-refractivity contribution < 1.29 is 19.1 Å². The second-order valence-electron chi connectivity index (χ2n) is 6.77.